The Morgan fingerprint density at radius 1 is 1.03 bits per heavy atom. The minimum Gasteiger partial charge on any atom is -0.328 e. The standard InChI is InChI=1S/C22H21FN4O.ClH/c23-15-4-6-16(7-5-15)27-19-3-1-2-17-21(19)18(24-27)12-26(22(17)28)20-13-25-10-8-14(20)9-11-25;/h1-7,14,20H,8-13H2;1H/t20-;/m1./s1. The van der Waals surface area contributed by atoms with Crippen molar-refractivity contribution in [1.82, 2.24) is 19.6 Å². The van der Waals surface area contributed by atoms with Crippen LogP contribution in [0.25, 0.3) is 16.6 Å². The maximum absolute atomic E-state index is 13.4. The van der Waals surface area contributed by atoms with Gasteiger partial charge in [0.2, 0.25) is 0 Å². The highest BCUT2D eigenvalue weighted by Crippen LogP contribution is 2.37. The second-order valence-corrected chi connectivity index (χ2v) is 8.17. The first-order valence-electron chi connectivity index (χ1n) is 9.99. The molecule has 1 amide bonds. The van der Waals surface area contributed by atoms with E-state index in [1.807, 2.05) is 22.9 Å². The molecule has 5 nitrogen and oxygen atoms in total. The third kappa shape index (κ3) is 2.77. The summed E-state index contributed by atoms with van der Waals surface area (Å²) in [6.07, 6.45) is 2.35. The van der Waals surface area contributed by atoms with Crippen LogP contribution in [0.4, 0.5) is 4.39 Å². The molecule has 1 aromatic heterocycles. The number of amides is 1. The first-order valence-corrected chi connectivity index (χ1v) is 9.99. The second-order valence-electron chi connectivity index (χ2n) is 8.17. The van der Waals surface area contributed by atoms with Crippen LogP contribution in [0.15, 0.2) is 42.5 Å². The van der Waals surface area contributed by atoms with Gasteiger partial charge in [-0.05, 0) is 68.2 Å². The summed E-state index contributed by atoms with van der Waals surface area (Å²) in [5, 5.41) is 5.79. The molecular weight excluding hydrogens is 391 g/mol. The van der Waals surface area contributed by atoms with Crippen molar-refractivity contribution in [3.8, 4) is 5.69 Å². The fraction of sp³-hybridized carbons (Fsp3) is 0.364. The number of carbonyl (C=O) groups excluding carboxylic acids is 1. The molecule has 4 aliphatic heterocycles. The van der Waals surface area contributed by atoms with Crippen molar-refractivity contribution in [3.63, 3.8) is 0 Å². The lowest BCUT2D eigenvalue weighted by Crippen LogP contribution is -2.59. The van der Waals surface area contributed by atoms with E-state index in [-0.39, 0.29) is 30.2 Å². The first-order chi connectivity index (χ1) is 13.7. The van der Waals surface area contributed by atoms with E-state index in [9.17, 15) is 9.18 Å². The van der Waals surface area contributed by atoms with Crippen molar-refractivity contribution < 1.29 is 9.18 Å². The van der Waals surface area contributed by atoms with Gasteiger partial charge < -0.3 is 9.80 Å². The van der Waals surface area contributed by atoms with E-state index in [0.29, 0.717) is 12.5 Å². The van der Waals surface area contributed by atoms with Gasteiger partial charge in [0, 0.05) is 18.0 Å². The van der Waals surface area contributed by atoms with Crippen LogP contribution in [-0.4, -0.2) is 51.2 Å². The van der Waals surface area contributed by atoms with Gasteiger partial charge in [-0.1, -0.05) is 6.07 Å². The van der Waals surface area contributed by atoms with E-state index >= 15 is 0 Å². The maximum atomic E-state index is 13.4. The van der Waals surface area contributed by atoms with Gasteiger partial charge in [0.15, 0.2) is 0 Å². The Balaban J connectivity index is 0.00000181. The fourth-order valence-electron chi connectivity index (χ4n) is 5.26. The Morgan fingerprint density at radius 3 is 2.48 bits per heavy atom. The third-order valence-corrected chi connectivity index (χ3v) is 6.68. The number of aromatic nitrogens is 2. The largest absolute Gasteiger partial charge is 0.328 e. The number of nitrogens with zero attached hydrogens (tertiary/aromatic N) is 4. The number of halogens is 2. The quantitative estimate of drug-likeness (QED) is 0.645. The van der Waals surface area contributed by atoms with Crippen molar-refractivity contribution in [2.75, 3.05) is 19.6 Å². The van der Waals surface area contributed by atoms with Crippen LogP contribution in [0.1, 0.15) is 28.9 Å². The molecule has 1 atom stereocenters. The Kier molecular flexibility index (Phi) is 4.37. The van der Waals surface area contributed by atoms with Gasteiger partial charge in [-0.25, -0.2) is 9.07 Å². The highest BCUT2D eigenvalue weighted by molar-refractivity contribution is 6.09. The molecule has 0 N–H and O–H groups in total. The number of hydrogen-bond acceptors (Lipinski definition) is 3. The van der Waals surface area contributed by atoms with E-state index in [1.54, 1.807) is 12.1 Å². The zero-order valence-corrected chi connectivity index (χ0v) is 16.7. The fourth-order valence-corrected chi connectivity index (χ4v) is 5.26. The minimum atomic E-state index is -0.269. The monoisotopic (exact) mass is 412 g/mol. The summed E-state index contributed by atoms with van der Waals surface area (Å²) >= 11 is 0. The second kappa shape index (κ2) is 6.82. The lowest BCUT2D eigenvalue weighted by molar-refractivity contribution is 0.00364. The van der Waals surface area contributed by atoms with Gasteiger partial charge in [0.1, 0.15) is 5.82 Å². The number of hydrogen-bond donors (Lipinski definition) is 0. The summed E-state index contributed by atoms with van der Waals surface area (Å²) < 4.78 is 15.2. The van der Waals surface area contributed by atoms with Crippen molar-refractivity contribution in [2.24, 2.45) is 5.92 Å². The Morgan fingerprint density at radius 2 is 1.79 bits per heavy atom. The summed E-state index contributed by atoms with van der Waals surface area (Å²) in [4.78, 5) is 17.9. The number of rotatable bonds is 2. The molecule has 0 unspecified atom stereocenters. The smallest absolute Gasteiger partial charge is 0.255 e. The Labute approximate surface area is 174 Å². The van der Waals surface area contributed by atoms with Crippen molar-refractivity contribution in [1.29, 1.82) is 0 Å². The van der Waals surface area contributed by atoms with Crippen LogP contribution >= 0.6 is 12.4 Å². The van der Waals surface area contributed by atoms with Gasteiger partial charge in [-0.3, -0.25) is 4.79 Å². The number of piperidine rings is 3. The average molecular weight is 413 g/mol. The van der Waals surface area contributed by atoms with E-state index < -0.39 is 0 Å². The molecule has 3 fully saturated rings. The topological polar surface area (TPSA) is 41.4 Å². The molecule has 29 heavy (non-hydrogen) atoms. The number of benzene rings is 2. The lowest BCUT2D eigenvalue weighted by atomic mass is 9.82. The molecule has 3 aromatic rings. The van der Waals surface area contributed by atoms with Crippen LogP contribution in [0.3, 0.4) is 0 Å². The molecule has 7 rings (SSSR count). The van der Waals surface area contributed by atoms with E-state index in [2.05, 4.69) is 9.80 Å². The van der Waals surface area contributed by atoms with E-state index in [1.165, 1.54) is 25.0 Å². The summed E-state index contributed by atoms with van der Waals surface area (Å²) in [7, 11) is 0. The maximum Gasteiger partial charge on any atom is 0.255 e. The van der Waals surface area contributed by atoms with Gasteiger partial charge in [-0.2, -0.15) is 5.10 Å². The first kappa shape index (κ1) is 18.6. The van der Waals surface area contributed by atoms with Crippen molar-refractivity contribution in [2.45, 2.75) is 25.4 Å². The molecule has 150 valence electrons. The SMILES string of the molecule is Cl.O=C1c2cccc3c2c(nn3-c2ccc(F)cc2)CN1[C@@H]1CN2CCC1CC2. The molecule has 0 aliphatic carbocycles. The summed E-state index contributed by atoms with van der Waals surface area (Å²) in [6, 6.07) is 12.4. The molecule has 2 bridgehead atoms. The van der Waals surface area contributed by atoms with Crippen molar-refractivity contribution >= 4 is 29.2 Å². The van der Waals surface area contributed by atoms with Gasteiger partial charge in [-0.15, -0.1) is 12.4 Å². The predicted molar refractivity (Wildman–Crippen MR) is 111 cm³/mol. The van der Waals surface area contributed by atoms with Crippen LogP contribution in [0, 0.1) is 11.7 Å². The van der Waals surface area contributed by atoms with Crippen LogP contribution < -0.4 is 0 Å². The zero-order valence-electron chi connectivity index (χ0n) is 15.9. The van der Waals surface area contributed by atoms with E-state index in [0.717, 1.165) is 47.5 Å². The predicted octanol–water partition coefficient (Wildman–Crippen LogP) is 3.64. The highest BCUT2D eigenvalue weighted by atomic mass is 35.5. The summed E-state index contributed by atoms with van der Waals surface area (Å²) in [5.41, 5.74) is 3.38. The molecular formula is C22H22ClFN4O. The zero-order chi connectivity index (χ0) is 18.8. The van der Waals surface area contributed by atoms with Crippen LogP contribution in [0.2, 0.25) is 0 Å². The molecule has 0 saturated carbocycles. The molecule has 7 heteroatoms. The summed E-state index contributed by atoms with van der Waals surface area (Å²) in [6.45, 7) is 3.84. The van der Waals surface area contributed by atoms with Gasteiger partial charge in [0.25, 0.3) is 5.91 Å². The molecule has 0 radical (unpaired) electrons. The number of fused-ring (bicyclic) bond motifs is 3. The molecule has 5 heterocycles. The Hall–Kier alpha value is -2.44. The van der Waals surface area contributed by atoms with Crippen LogP contribution in [-0.2, 0) is 6.54 Å². The molecule has 3 saturated heterocycles. The van der Waals surface area contributed by atoms with Crippen molar-refractivity contribution in [3.05, 3.63) is 59.5 Å². The molecule has 4 aliphatic rings. The molecule has 2 aromatic carbocycles. The van der Waals surface area contributed by atoms with E-state index in [4.69, 9.17) is 5.10 Å². The van der Waals surface area contributed by atoms with Crippen LogP contribution in [0.5, 0.6) is 0 Å². The normalized spacial score (nSPS) is 25.3. The average Bonchev–Trinajstić information content (AvgIpc) is 3.11. The highest BCUT2D eigenvalue weighted by Gasteiger charge is 2.42. The molecule has 0 spiro atoms. The van der Waals surface area contributed by atoms with Gasteiger partial charge >= 0.3 is 0 Å². The minimum absolute atomic E-state index is 0. The number of carbonyl (C=O) groups is 1. The lowest BCUT2D eigenvalue weighted by Gasteiger charge is -2.49. The Bertz CT molecular complexity index is 1090. The third-order valence-electron chi connectivity index (χ3n) is 6.68. The van der Waals surface area contributed by atoms with Gasteiger partial charge in [0.05, 0.1) is 29.0 Å². The summed E-state index contributed by atoms with van der Waals surface area (Å²) in [5.74, 6) is 0.443.